The Morgan fingerprint density at radius 2 is 1.96 bits per heavy atom. The molecule has 6 nitrogen and oxygen atoms in total. The molecular weight excluding hydrogens is 403 g/mol. The minimum atomic E-state index is -2.86. The van der Waals surface area contributed by atoms with E-state index in [-0.39, 0.29) is 22.7 Å². The number of rotatable bonds is 7. The first-order valence-electron chi connectivity index (χ1n) is 9.53. The first kappa shape index (κ1) is 22.9. The van der Waals surface area contributed by atoms with Gasteiger partial charge < -0.3 is 10.6 Å². The lowest BCUT2D eigenvalue weighted by Crippen LogP contribution is -2.46. The average molecular weight is 433 g/mol. The molecular formula is C19H30ClFN4O2S. The summed E-state index contributed by atoms with van der Waals surface area (Å²) >= 11 is 6.21. The summed E-state index contributed by atoms with van der Waals surface area (Å²) in [6, 6.07) is 4.44. The Labute approximate surface area is 172 Å². The minimum absolute atomic E-state index is 0.230. The van der Waals surface area contributed by atoms with Crippen molar-refractivity contribution in [1.82, 2.24) is 15.5 Å². The molecule has 2 rings (SSSR count). The Balaban J connectivity index is 1.92. The number of aliphatic imine (C=N–C) groups is 1. The number of nitrogens with zero attached hydrogens (tertiary/aromatic N) is 2. The number of benzene rings is 1. The monoisotopic (exact) mass is 432 g/mol. The fraction of sp³-hybridized carbons (Fsp3) is 0.632. The third kappa shape index (κ3) is 6.90. The molecule has 0 aromatic heterocycles. The van der Waals surface area contributed by atoms with Crippen LogP contribution in [0.3, 0.4) is 0 Å². The first-order chi connectivity index (χ1) is 13.1. The van der Waals surface area contributed by atoms with Crippen LogP contribution in [0.4, 0.5) is 4.39 Å². The second-order valence-corrected chi connectivity index (χ2v) is 10.3. The van der Waals surface area contributed by atoms with Crippen molar-refractivity contribution in [2.45, 2.75) is 26.2 Å². The Morgan fingerprint density at radius 1 is 1.29 bits per heavy atom. The molecule has 0 spiro atoms. The van der Waals surface area contributed by atoms with Crippen molar-refractivity contribution in [2.24, 2.45) is 4.99 Å². The molecule has 0 radical (unpaired) electrons. The molecule has 2 N–H and O–H groups in total. The number of sulfone groups is 1. The lowest BCUT2D eigenvalue weighted by molar-refractivity contribution is 0.299. The highest BCUT2D eigenvalue weighted by Gasteiger charge is 2.24. The van der Waals surface area contributed by atoms with Crippen LogP contribution >= 0.6 is 11.6 Å². The number of guanidine groups is 1. The van der Waals surface area contributed by atoms with Gasteiger partial charge in [0.05, 0.1) is 18.1 Å². The molecule has 9 heteroatoms. The van der Waals surface area contributed by atoms with Crippen molar-refractivity contribution in [3.63, 3.8) is 0 Å². The highest BCUT2D eigenvalue weighted by molar-refractivity contribution is 7.91. The second kappa shape index (κ2) is 9.89. The predicted octanol–water partition coefficient (Wildman–Crippen LogP) is 2.04. The van der Waals surface area contributed by atoms with Crippen molar-refractivity contribution in [2.75, 3.05) is 50.8 Å². The SMILES string of the molecule is CCNC(=NCC(C)(C)c1ccc(F)cc1Cl)NCCN1CCS(=O)(=O)CC1. The van der Waals surface area contributed by atoms with Gasteiger partial charge in [-0.15, -0.1) is 0 Å². The van der Waals surface area contributed by atoms with Crippen LogP contribution in [0, 0.1) is 5.82 Å². The van der Waals surface area contributed by atoms with Gasteiger partial charge in [-0.2, -0.15) is 0 Å². The van der Waals surface area contributed by atoms with E-state index in [9.17, 15) is 12.8 Å². The van der Waals surface area contributed by atoms with E-state index in [0.717, 1.165) is 18.7 Å². The molecule has 1 fully saturated rings. The van der Waals surface area contributed by atoms with Crippen LogP contribution in [0.15, 0.2) is 23.2 Å². The highest BCUT2D eigenvalue weighted by Crippen LogP contribution is 2.30. The highest BCUT2D eigenvalue weighted by atomic mass is 35.5. The van der Waals surface area contributed by atoms with E-state index in [0.29, 0.717) is 37.2 Å². The van der Waals surface area contributed by atoms with Crippen LogP contribution in [0.1, 0.15) is 26.3 Å². The van der Waals surface area contributed by atoms with Gasteiger partial charge in [0, 0.05) is 43.2 Å². The molecule has 1 aliphatic rings. The van der Waals surface area contributed by atoms with Crippen LogP contribution in [0.25, 0.3) is 0 Å². The summed E-state index contributed by atoms with van der Waals surface area (Å²) in [5.74, 6) is 0.800. The zero-order valence-corrected chi connectivity index (χ0v) is 18.3. The van der Waals surface area contributed by atoms with Crippen molar-refractivity contribution in [3.05, 3.63) is 34.6 Å². The molecule has 158 valence electrons. The van der Waals surface area contributed by atoms with Gasteiger partial charge in [0.1, 0.15) is 5.82 Å². The molecule has 0 bridgehead atoms. The average Bonchev–Trinajstić information content (AvgIpc) is 2.61. The molecule has 0 aliphatic carbocycles. The van der Waals surface area contributed by atoms with E-state index in [2.05, 4.69) is 20.5 Å². The molecule has 0 atom stereocenters. The molecule has 1 aliphatic heterocycles. The summed E-state index contributed by atoms with van der Waals surface area (Å²) in [4.78, 5) is 6.80. The molecule has 1 saturated heterocycles. The quantitative estimate of drug-likeness (QED) is 0.509. The summed E-state index contributed by atoms with van der Waals surface area (Å²) in [5, 5.41) is 6.91. The van der Waals surface area contributed by atoms with Gasteiger partial charge in [0.15, 0.2) is 15.8 Å². The van der Waals surface area contributed by atoms with E-state index < -0.39 is 9.84 Å². The Hall–Kier alpha value is -1.38. The molecule has 1 aromatic rings. The smallest absolute Gasteiger partial charge is 0.191 e. The van der Waals surface area contributed by atoms with Gasteiger partial charge >= 0.3 is 0 Å². The third-order valence-electron chi connectivity index (χ3n) is 4.79. The van der Waals surface area contributed by atoms with Crippen molar-refractivity contribution >= 4 is 27.4 Å². The van der Waals surface area contributed by atoms with Crippen LogP contribution in [-0.4, -0.2) is 70.1 Å². The summed E-state index contributed by atoms with van der Waals surface area (Å²) in [7, 11) is -2.86. The van der Waals surface area contributed by atoms with Gasteiger partial charge in [0.25, 0.3) is 0 Å². The van der Waals surface area contributed by atoms with Crippen molar-refractivity contribution in [1.29, 1.82) is 0 Å². The number of hydrogen-bond donors (Lipinski definition) is 2. The van der Waals surface area contributed by atoms with E-state index in [4.69, 9.17) is 11.6 Å². The fourth-order valence-electron chi connectivity index (χ4n) is 3.05. The lowest BCUT2D eigenvalue weighted by Gasteiger charge is -2.27. The van der Waals surface area contributed by atoms with Crippen LogP contribution in [0.5, 0.6) is 0 Å². The Kier molecular flexibility index (Phi) is 8.09. The largest absolute Gasteiger partial charge is 0.357 e. The minimum Gasteiger partial charge on any atom is -0.357 e. The normalized spacial score (nSPS) is 18.1. The number of hydrogen-bond acceptors (Lipinski definition) is 4. The zero-order chi connectivity index (χ0) is 20.8. The van der Waals surface area contributed by atoms with E-state index in [1.165, 1.54) is 12.1 Å². The number of halogens is 2. The topological polar surface area (TPSA) is 73.8 Å². The van der Waals surface area contributed by atoms with Crippen LogP contribution in [0.2, 0.25) is 5.02 Å². The fourth-order valence-corrected chi connectivity index (χ4v) is 4.75. The van der Waals surface area contributed by atoms with Gasteiger partial charge in [-0.3, -0.25) is 9.89 Å². The van der Waals surface area contributed by atoms with Crippen molar-refractivity contribution < 1.29 is 12.8 Å². The molecule has 1 aromatic carbocycles. The standard InChI is InChI=1S/C19H30ClFN4O2S/c1-4-22-18(23-7-8-25-9-11-28(26,27)12-10-25)24-14-19(2,3)16-6-5-15(21)13-17(16)20/h5-6,13H,4,7-12,14H2,1-3H3,(H2,22,23,24). The van der Waals surface area contributed by atoms with Crippen molar-refractivity contribution in [3.8, 4) is 0 Å². The van der Waals surface area contributed by atoms with Gasteiger partial charge in [-0.25, -0.2) is 12.8 Å². The first-order valence-corrected chi connectivity index (χ1v) is 11.7. The molecule has 1 heterocycles. The molecule has 0 amide bonds. The van der Waals surface area contributed by atoms with Gasteiger partial charge in [-0.1, -0.05) is 31.5 Å². The third-order valence-corrected chi connectivity index (χ3v) is 6.72. The van der Waals surface area contributed by atoms with Gasteiger partial charge in [-0.05, 0) is 24.6 Å². The van der Waals surface area contributed by atoms with Crippen LogP contribution in [-0.2, 0) is 15.3 Å². The summed E-state index contributed by atoms with van der Waals surface area (Å²) in [6.07, 6.45) is 0. The van der Waals surface area contributed by atoms with E-state index >= 15 is 0 Å². The second-order valence-electron chi connectivity index (χ2n) is 7.62. The number of nitrogens with one attached hydrogen (secondary N) is 2. The van der Waals surface area contributed by atoms with Gasteiger partial charge in [0.2, 0.25) is 0 Å². The maximum Gasteiger partial charge on any atom is 0.191 e. The maximum atomic E-state index is 13.3. The summed E-state index contributed by atoms with van der Waals surface area (Å²) in [6.45, 7) is 9.83. The molecule has 0 saturated carbocycles. The van der Waals surface area contributed by atoms with Crippen LogP contribution < -0.4 is 10.6 Å². The lowest BCUT2D eigenvalue weighted by atomic mass is 9.84. The van der Waals surface area contributed by atoms with E-state index in [1.54, 1.807) is 6.07 Å². The summed E-state index contributed by atoms with van der Waals surface area (Å²) < 4.78 is 36.3. The maximum absolute atomic E-state index is 13.3. The van der Waals surface area contributed by atoms with E-state index in [1.807, 2.05) is 20.8 Å². The molecule has 28 heavy (non-hydrogen) atoms. The molecule has 0 unspecified atom stereocenters. The predicted molar refractivity (Wildman–Crippen MR) is 114 cm³/mol. The zero-order valence-electron chi connectivity index (χ0n) is 16.8. The Morgan fingerprint density at radius 3 is 2.57 bits per heavy atom. The summed E-state index contributed by atoms with van der Waals surface area (Å²) in [5.41, 5.74) is 0.499. The Bertz CT molecular complexity index is 785.